The van der Waals surface area contributed by atoms with Gasteiger partial charge in [-0.25, -0.2) is 14.8 Å². The van der Waals surface area contributed by atoms with Gasteiger partial charge in [0.1, 0.15) is 23.1 Å². The first-order valence-electron chi connectivity index (χ1n) is 12.6. The van der Waals surface area contributed by atoms with Crippen LogP contribution in [0.15, 0.2) is 36.5 Å². The van der Waals surface area contributed by atoms with Crippen molar-refractivity contribution in [2.45, 2.75) is 52.5 Å². The molecule has 0 spiro atoms. The van der Waals surface area contributed by atoms with Crippen LogP contribution in [-0.4, -0.2) is 59.9 Å². The minimum atomic E-state index is -0.449. The van der Waals surface area contributed by atoms with Crippen molar-refractivity contribution >= 4 is 34.5 Å². The van der Waals surface area contributed by atoms with Gasteiger partial charge >= 0.3 is 6.03 Å². The molecule has 10 heteroatoms. The van der Waals surface area contributed by atoms with Crippen molar-refractivity contribution in [2.75, 3.05) is 37.6 Å². The van der Waals surface area contributed by atoms with Crippen LogP contribution in [-0.2, 0) is 4.79 Å². The molecule has 3 aromatic rings. The zero-order valence-corrected chi connectivity index (χ0v) is 22.9. The number of ether oxygens (including phenoxy) is 2. The molecule has 3 N–H and O–H groups in total. The predicted octanol–water partition coefficient (Wildman–Crippen LogP) is 4.75. The van der Waals surface area contributed by atoms with E-state index >= 15 is 0 Å². The number of methoxy groups -OCH3 is 2. The Morgan fingerprint density at radius 3 is 2.26 bits per heavy atom. The van der Waals surface area contributed by atoms with E-state index in [9.17, 15) is 9.59 Å². The van der Waals surface area contributed by atoms with Crippen LogP contribution < -0.4 is 25.0 Å². The maximum Gasteiger partial charge on any atom is 0.320 e. The molecule has 2 heterocycles. The van der Waals surface area contributed by atoms with Crippen molar-refractivity contribution in [3.63, 3.8) is 0 Å². The fourth-order valence-corrected chi connectivity index (χ4v) is 3.95. The van der Waals surface area contributed by atoms with Crippen LogP contribution in [0.4, 0.5) is 16.4 Å². The number of anilines is 2. The summed E-state index contributed by atoms with van der Waals surface area (Å²) in [7, 11) is 3.15. The van der Waals surface area contributed by atoms with Gasteiger partial charge in [-0.2, -0.15) is 0 Å². The van der Waals surface area contributed by atoms with E-state index in [1.54, 1.807) is 37.4 Å². The van der Waals surface area contributed by atoms with Gasteiger partial charge in [0.25, 0.3) is 0 Å². The maximum atomic E-state index is 12.8. The van der Waals surface area contributed by atoms with Gasteiger partial charge < -0.3 is 19.9 Å². The number of benzene rings is 1. The number of pyridine rings is 2. The molecule has 0 aliphatic rings. The first-order valence-corrected chi connectivity index (χ1v) is 12.6. The zero-order valence-electron chi connectivity index (χ0n) is 22.9. The number of aliphatic hydroxyl groups is 1. The molecule has 2 aromatic heterocycles. The van der Waals surface area contributed by atoms with Crippen LogP contribution in [0.3, 0.4) is 0 Å². The van der Waals surface area contributed by atoms with Crippen LogP contribution in [0.5, 0.6) is 11.5 Å². The van der Waals surface area contributed by atoms with Gasteiger partial charge in [-0.1, -0.05) is 0 Å². The highest BCUT2D eigenvalue weighted by Gasteiger charge is 2.19. The molecule has 0 aliphatic carbocycles. The van der Waals surface area contributed by atoms with E-state index in [-0.39, 0.29) is 12.5 Å². The van der Waals surface area contributed by atoms with E-state index in [4.69, 9.17) is 19.6 Å². The number of aromatic nitrogens is 2. The Balaban J connectivity index is 2.10. The second kappa shape index (κ2) is 12.6. The Morgan fingerprint density at radius 2 is 1.68 bits per heavy atom. The summed E-state index contributed by atoms with van der Waals surface area (Å²) >= 11 is 0. The second-order valence-electron chi connectivity index (χ2n) is 10.0. The van der Waals surface area contributed by atoms with Crippen LogP contribution in [0.25, 0.3) is 22.0 Å². The molecule has 0 unspecified atom stereocenters. The van der Waals surface area contributed by atoms with Gasteiger partial charge in [0.05, 0.1) is 19.7 Å². The lowest BCUT2D eigenvalue weighted by Crippen LogP contribution is -2.43. The predicted molar refractivity (Wildman–Crippen MR) is 149 cm³/mol. The van der Waals surface area contributed by atoms with E-state index in [1.165, 1.54) is 6.92 Å². The van der Waals surface area contributed by atoms with Crippen LogP contribution in [0.2, 0.25) is 0 Å². The first kappa shape index (κ1) is 28.6. The minimum absolute atomic E-state index is 0.123. The molecule has 0 aliphatic heterocycles. The topological polar surface area (TPSA) is 126 Å². The highest BCUT2D eigenvalue weighted by Crippen LogP contribution is 2.35. The third-order valence-corrected chi connectivity index (χ3v) is 5.76. The number of carbonyl (C=O) groups excluding carboxylic acids is 2. The number of carbonyl (C=O) groups is 2. The number of rotatable bonds is 10. The molecule has 1 aromatic carbocycles. The van der Waals surface area contributed by atoms with E-state index in [0.717, 1.165) is 23.8 Å². The van der Waals surface area contributed by atoms with E-state index in [2.05, 4.69) is 15.6 Å². The number of amides is 3. The molecule has 0 saturated heterocycles. The lowest BCUT2D eigenvalue weighted by Gasteiger charge is -2.22. The highest BCUT2D eigenvalue weighted by atomic mass is 16.5. The van der Waals surface area contributed by atoms with Crippen molar-refractivity contribution in [1.29, 1.82) is 0 Å². The highest BCUT2D eigenvalue weighted by molar-refractivity contribution is 5.98. The molecule has 0 fully saturated rings. The number of hydrogen-bond acceptors (Lipinski definition) is 7. The van der Waals surface area contributed by atoms with Crippen LogP contribution in [0, 0.1) is 0 Å². The van der Waals surface area contributed by atoms with Crippen molar-refractivity contribution in [1.82, 2.24) is 15.3 Å². The van der Waals surface area contributed by atoms with E-state index in [0.29, 0.717) is 47.2 Å². The van der Waals surface area contributed by atoms with Gasteiger partial charge in [-0.3, -0.25) is 15.0 Å². The molecule has 0 saturated carbocycles. The Morgan fingerprint density at radius 1 is 1.00 bits per heavy atom. The largest absolute Gasteiger partial charge is 0.497 e. The maximum absolute atomic E-state index is 12.8. The number of hydrogen-bond donors (Lipinski definition) is 3. The molecule has 0 bridgehead atoms. The SMILES string of the molecule is COc1cc(OC)cc(-c2cc3cnc(N(CCCCCO)C(C)=O)cc3nc2NC(=O)NC(C)(C)C)c1. The van der Waals surface area contributed by atoms with Gasteiger partial charge in [-0.15, -0.1) is 0 Å². The number of fused-ring (bicyclic) bond motifs is 1. The van der Waals surface area contributed by atoms with E-state index < -0.39 is 11.6 Å². The summed E-state index contributed by atoms with van der Waals surface area (Å²) in [6.07, 6.45) is 3.89. The standard InChI is InChI=1S/C28H37N5O5/c1-18(35)33(10-8-7-9-11-34)25-16-24-20(17-29-25)14-23(19-12-21(37-5)15-22(13-19)38-6)26(30-24)31-27(36)32-28(2,3)4/h12-17,34H,7-11H2,1-6H3,(H2,30,31,32,36). The zero-order chi connectivity index (χ0) is 27.9. The molecule has 38 heavy (non-hydrogen) atoms. The summed E-state index contributed by atoms with van der Waals surface area (Å²) in [5, 5.41) is 15.6. The first-order chi connectivity index (χ1) is 18.0. The summed E-state index contributed by atoms with van der Waals surface area (Å²) in [6.45, 7) is 7.77. The fourth-order valence-electron chi connectivity index (χ4n) is 3.95. The lowest BCUT2D eigenvalue weighted by atomic mass is 10.0. The normalized spacial score (nSPS) is 11.2. The van der Waals surface area contributed by atoms with Crippen molar-refractivity contribution < 1.29 is 24.2 Å². The molecule has 0 radical (unpaired) electrons. The van der Waals surface area contributed by atoms with Crippen LogP contribution >= 0.6 is 0 Å². The molecule has 3 rings (SSSR count). The molecule has 0 atom stereocenters. The summed E-state index contributed by atoms with van der Waals surface area (Å²) < 4.78 is 10.9. The quantitative estimate of drug-likeness (QED) is 0.327. The average molecular weight is 524 g/mol. The third-order valence-electron chi connectivity index (χ3n) is 5.76. The molecule has 3 amide bonds. The molecule has 204 valence electrons. The fraction of sp³-hybridized carbons (Fsp3) is 0.429. The Bertz CT molecular complexity index is 1270. The third kappa shape index (κ3) is 7.55. The van der Waals surface area contributed by atoms with E-state index in [1.807, 2.05) is 39.0 Å². The van der Waals surface area contributed by atoms with Crippen molar-refractivity contribution in [3.05, 3.63) is 36.5 Å². The van der Waals surface area contributed by atoms with Crippen molar-refractivity contribution in [2.24, 2.45) is 0 Å². The van der Waals surface area contributed by atoms with Gasteiger partial charge in [0.2, 0.25) is 5.91 Å². The smallest absolute Gasteiger partial charge is 0.320 e. The minimum Gasteiger partial charge on any atom is -0.497 e. The molecular formula is C28H37N5O5. The summed E-state index contributed by atoms with van der Waals surface area (Å²) in [5.74, 6) is 1.86. The number of nitrogens with one attached hydrogen (secondary N) is 2. The van der Waals surface area contributed by atoms with Gasteiger partial charge in [-0.05, 0) is 63.8 Å². The molecule has 10 nitrogen and oxygen atoms in total. The number of aliphatic hydroxyl groups excluding tert-OH is 1. The van der Waals surface area contributed by atoms with Gasteiger partial charge in [0, 0.05) is 54.9 Å². The number of urea groups is 1. The average Bonchev–Trinajstić information content (AvgIpc) is 2.86. The summed E-state index contributed by atoms with van der Waals surface area (Å²) in [5.41, 5.74) is 1.51. The Labute approximate surface area is 223 Å². The lowest BCUT2D eigenvalue weighted by molar-refractivity contribution is -0.116. The Hall–Kier alpha value is -3.92. The molecular weight excluding hydrogens is 486 g/mol. The van der Waals surface area contributed by atoms with Gasteiger partial charge in [0.15, 0.2) is 0 Å². The monoisotopic (exact) mass is 523 g/mol. The second-order valence-corrected chi connectivity index (χ2v) is 10.0. The number of nitrogens with zero attached hydrogens (tertiary/aromatic N) is 3. The van der Waals surface area contributed by atoms with Crippen LogP contribution in [0.1, 0.15) is 47.0 Å². The summed E-state index contributed by atoms with van der Waals surface area (Å²) in [4.78, 5) is 36.1. The van der Waals surface area contributed by atoms with Crippen molar-refractivity contribution in [3.8, 4) is 22.6 Å². The summed E-state index contributed by atoms with van der Waals surface area (Å²) in [6, 6.07) is 8.67. The Kier molecular flexibility index (Phi) is 9.46. The number of unbranched alkanes of at least 4 members (excludes halogenated alkanes) is 2.